The van der Waals surface area contributed by atoms with Crippen LogP contribution in [-0.2, 0) is 6.42 Å². The fourth-order valence-electron chi connectivity index (χ4n) is 4.04. The van der Waals surface area contributed by atoms with E-state index < -0.39 is 10.8 Å². The van der Waals surface area contributed by atoms with Gasteiger partial charge in [0, 0.05) is 42.8 Å². The van der Waals surface area contributed by atoms with E-state index in [1.807, 2.05) is 24.8 Å². The predicted octanol–water partition coefficient (Wildman–Crippen LogP) is 4.17. The molecular formula is C22H25N3O5. The highest BCUT2D eigenvalue weighted by Crippen LogP contribution is 2.38. The lowest BCUT2D eigenvalue weighted by Crippen LogP contribution is -2.20. The highest BCUT2D eigenvalue weighted by molar-refractivity contribution is 6.06. The van der Waals surface area contributed by atoms with Crippen molar-refractivity contribution >= 4 is 23.0 Å². The average molecular weight is 411 g/mol. The van der Waals surface area contributed by atoms with Crippen molar-refractivity contribution < 1.29 is 19.2 Å². The zero-order valence-electron chi connectivity index (χ0n) is 17.1. The van der Waals surface area contributed by atoms with Crippen molar-refractivity contribution in [3.05, 3.63) is 51.6 Å². The first-order chi connectivity index (χ1) is 14.5. The number of carbonyl (C=O) groups excluding carboxylic acids is 1. The van der Waals surface area contributed by atoms with E-state index in [9.17, 15) is 14.9 Å². The number of rotatable bonds is 6. The van der Waals surface area contributed by atoms with Crippen molar-refractivity contribution in [2.75, 3.05) is 29.9 Å². The summed E-state index contributed by atoms with van der Waals surface area (Å²) in [5, 5.41) is 14.5. The summed E-state index contributed by atoms with van der Waals surface area (Å²) in [6.45, 7) is 5.89. The van der Waals surface area contributed by atoms with Crippen LogP contribution in [0.1, 0.15) is 42.6 Å². The smallest absolute Gasteiger partial charge is 0.293 e. The summed E-state index contributed by atoms with van der Waals surface area (Å²) in [6, 6.07) is 8.28. The Kier molecular flexibility index (Phi) is 5.48. The number of nitro groups is 1. The minimum atomic E-state index is -0.432. The molecule has 1 amide bonds. The van der Waals surface area contributed by atoms with Gasteiger partial charge < -0.3 is 19.7 Å². The number of hydrogen-bond acceptors (Lipinski definition) is 6. The molecular weight excluding hydrogens is 386 g/mol. The van der Waals surface area contributed by atoms with Gasteiger partial charge in [-0.05, 0) is 44.9 Å². The molecule has 4 rings (SSSR count). The molecule has 1 saturated heterocycles. The Bertz CT molecular complexity index is 985. The first kappa shape index (κ1) is 20.0. The molecule has 2 aromatic rings. The highest BCUT2D eigenvalue weighted by atomic mass is 16.6. The lowest BCUT2D eigenvalue weighted by molar-refractivity contribution is -0.384. The quantitative estimate of drug-likeness (QED) is 0.566. The lowest BCUT2D eigenvalue weighted by Gasteiger charge is -2.18. The Balaban J connectivity index is 1.62. The maximum absolute atomic E-state index is 12.9. The Morgan fingerprint density at radius 2 is 2.07 bits per heavy atom. The molecule has 158 valence electrons. The maximum Gasteiger partial charge on any atom is 0.293 e. The maximum atomic E-state index is 12.9. The molecule has 0 aromatic heterocycles. The van der Waals surface area contributed by atoms with Gasteiger partial charge in [-0.3, -0.25) is 14.9 Å². The summed E-state index contributed by atoms with van der Waals surface area (Å²) in [5.74, 6) is 0.847. The molecule has 0 unspecified atom stereocenters. The second-order valence-electron chi connectivity index (χ2n) is 7.63. The number of ether oxygens (including phenoxy) is 2. The van der Waals surface area contributed by atoms with E-state index in [-0.39, 0.29) is 17.4 Å². The number of nitrogens with one attached hydrogen (secondary N) is 1. The Morgan fingerprint density at radius 1 is 1.30 bits per heavy atom. The van der Waals surface area contributed by atoms with Crippen LogP contribution in [0.4, 0.5) is 17.1 Å². The summed E-state index contributed by atoms with van der Waals surface area (Å²) in [6.07, 6.45) is 2.88. The van der Waals surface area contributed by atoms with E-state index in [0.29, 0.717) is 23.7 Å². The fraction of sp³-hybridized carbons (Fsp3) is 0.409. The standard InChI is InChI=1S/C22H25N3O5/c1-3-29-21-12-16-10-14(2)30-20(16)13-17(21)23-22(26)15-6-7-18(19(11-15)25(27)28)24-8-4-5-9-24/h6-7,11-14H,3-5,8-10H2,1-2H3,(H,23,26)/t14-/m0/s1. The SMILES string of the molecule is CCOc1cc2c(cc1NC(=O)c1ccc(N3CCCC3)c([N+](=O)[O-])c1)O[C@@H](C)C2. The molecule has 1 N–H and O–H groups in total. The normalized spacial score (nSPS) is 17.4. The van der Waals surface area contributed by atoms with Crippen LogP contribution < -0.4 is 19.7 Å². The third-order valence-electron chi connectivity index (χ3n) is 5.43. The number of hydrogen-bond donors (Lipinski definition) is 1. The number of nitro benzene ring substituents is 1. The van der Waals surface area contributed by atoms with E-state index in [1.165, 1.54) is 6.07 Å². The molecule has 30 heavy (non-hydrogen) atoms. The minimum Gasteiger partial charge on any atom is -0.492 e. The van der Waals surface area contributed by atoms with Gasteiger partial charge in [-0.15, -0.1) is 0 Å². The molecule has 0 aliphatic carbocycles. The van der Waals surface area contributed by atoms with Crippen molar-refractivity contribution in [3.63, 3.8) is 0 Å². The molecule has 1 fully saturated rings. The van der Waals surface area contributed by atoms with E-state index in [4.69, 9.17) is 9.47 Å². The first-order valence-corrected chi connectivity index (χ1v) is 10.3. The summed E-state index contributed by atoms with van der Waals surface area (Å²) in [4.78, 5) is 26.1. The second-order valence-corrected chi connectivity index (χ2v) is 7.63. The lowest BCUT2D eigenvalue weighted by atomic mass is 10.1. The van der Waals surface area contributed by atoms with Gasteiger partial charge in [-0.25, -0.2) is 0 Å². The van der Waals surface area contributed by atoms with Gasteiger partial charge in [-0.2, -0.15) is 0 Å². The molecule has 1 atom stereocenters. The molecule has 8 heteroatoms. The van der Waals surface area contributed by atoms with Crippen molar-refractivity contribution in [1.29, 1.82) is 0 Å². The molecule has 2 aromatic carbocycles. The van der Waals surface area contributed by atoms with E-state index in [1.54, 1.807) is 18.2 Å². The Hall–Kier alpha value is -3.29. The van der Waals surface area contributed by atoms with E-state index >= 15 is 0 Å². The fourth-order valence-corrected chi connectivity index (χ4v) is 4.04. The number of anilines is 2. The minimum absolute atomic E-state index is 0.0549. The van der Waals surface area contributed by atoms with Gasteiger partial charge in [-0.1, -0.05) is 0 Å². The topological polar surface area (TPSA) is 93.9 Å². The molecule has 0 bridgehead atoms. The number of nitrogens with zero attached hydrogens (tertiary/aromatic N) is 2. The number of carbonyl (C=O) groups is 1. The number of amides is 1. The van der Waals surface area contributed by atoms with Crippen LogP contribution in [0.2, 0.25) is 0 Å². The summed E-state index contributed by atoms with van der Waals surface area (Å²) >= 11 is 0. The van der Waals surface area contributed by atoms with Gasteiger partial charge in [0.05, 0.1) is 17.2 Å². The van der Waals surface area contributed by atoms with Crippen molar-refractivity contribution in [2.24, 2.45) is 0 Å². The molecule has 0 spiro atoms. The van der Waals surface area contributed by atoms with E-state index in [0.717, 1.165) is 43.7 Å². The van der Waals surface area contributed by atoms with E-state index in [2.05, 4.69) is 5.32 Å². The Morgan fingerprint density at radius 3 is 2.77 bits per heavy atom. The van der Waals surface area contributed by atoms with Gasteiger partial charge in [0.15, 0.2) is 0 Å². The Labute approximate surface area is 174 Å². The number of fused-ring (bicyclic) bond motifs is 1. The molecule has 0 radical (unpaired) electrons. The van der Waals surface area contributed by atoms with Gasteiger partial charge in [0.1, 0.15) is 23.3 Å². The summed E-state index contributed by atoms with van der Waals surface area (Å²) in [7, 11) is 0. The van der Waals surface area contributed by atoms with Crippen molar-refractivity contribution in [2.45, 2.75) is 39.2 Å². The van der Waals surface area contributed by atoms with Crippen LogP contribution in [0.15, 0.2) is 30.3 Å². The van der Waals surface area contributed by atoms with Crippen LogP contribution in [-0.4, -0.2) is 36.6 Å². The zero-order chi connectivity index (χ0) is 21.3. The second kappa shape index (κ2) is 8.22. The van der Waals surface area contributed by atoms with Crippen LogP contribution in [0.3, 0.4) is 0 Å². The number of benzene rings is 2. The molecule has 2 aliphatic heterocycles. The van der Waals surface area contributed by atoms with Crippen LogP contribution in [0.25, 0.3) is 0 Å². The molecule has 2 aliphatic rings. The average Bonchev–Trinajstić information content (AvgIpc) is 3.36. The van der Waals surface area contributed by atoms with Crippen molar-refractivity contribution in [3.8, 4) is 11.5 Å². The summed E-state index contributed by atoms with van der Waals surface area (Å²) in [5.41, 5.74) is 2.25. The first-order valence-electron chi connectivity index (χ1n) is 10.3. The van der Waals surface area contributed by atoms with Gasteiger partial charge in [0.2, 0.25) is 0 Å². The molecule has 8 nitrogen and oxygen atoms in total. The third kappa shape index (κ3) is 3.90. The largest absolute Gasteiger partial charge is 0.492 e. The molecule has 0 saturated carbocycles. The predicted molar refractivity (Wildman–Crippen MR) is 114 cm³/mol. The van der Waals surface area contributed by atoms with Gasteiger partial charge in [0.25, 0.3) is 11.6 Å². The van der Waals surface area contributed by atoms with Crippen LogP contribution in [0, 0.1) is 10.1 Å². The molecule has 2 heterocycles. The van der Waals surface area contributed by atoms with Crippen LogP contribution >= 0.6 is 0 Å². The van der Waals surface area contributed by atoms with Gasteiger partial charge >= 0.3 is 0 Å². The highest BCUT2D eigenvalue weighted by Gasteiger charge is 2.25. The summed E-state index contributed by atoms with van der Waals surface area (Å²) < 4.78 is 11.5. The zero-order valence-corrected chi connectivity index (χ0v) is 17.1. The van der Waals surface area contributed by atoms with Crippen molar-refractivity contribution in [1.82, 2.24) is 0 Å². The monoisotopic (exact) mass is 411 g/mol. The third-order valence-corrected chi connectivity index (χ3v) is 5.43. The van der Waals surface area contributed by atoms with Crippen LogP contribution in [0.5, 0.6) is 11.5 Å².